The zero-order chi connectivity index (χ0) is 22.3. The van der Waals surface area contributed by atoms with E-state index in [-0.39, 0.29) is 12.4 Å². The molecule has 6 heteroatoms. The van der Waals surface area contributed by atoms with E-state index in [1.165, 1.54) is 0 Å². The molecule has 0 bridgehead atoms. The van der Waals surface area contributed by atoms with Gasteiger partial charge in [0, 0.05) is 21.2 Å². The van der Waals surface area contributed by atoms with Crippen molar-refractivity contribution >= 4 is 44.6 Å². The molecule has 1 aromatic heterocycles. The Kier molecular flexibility index (Phi) is 7.45. The molecule has 0 amide bonds. The van der Waals surface area contributed by atoms with Crippen molar-refractivity contribution in [2.75, 3.05) is 6.61 Å². The van der Waals surface area contributed by atoms with Crippen LogP contribution in [0.2, 0.25) is 0 Å². The minimum absolute atomic E-state index is 0.224. The number of carbonyl (C=O) groups is 1. The number of nitrogens with zero attached hydrogens (tertiary/aromatic N) is 1. The van der Waals surface area contributed by atoms with Gasteiger partial charge in [0.15, 0.2) is 0 Å². The van der Waals surface area contributed by atoms with E-state index in [1.54, 1.807) is 18.7 Å². The highest BCUT2D eigenvalue weighted by atomic mass is 79.9. The highest BCUT2D eigenvalue weighted by Crippen LogP contribution is 2.33. The summed E-state index contributed by atoms with van der Waals surface area (Å²) in [6.45, 7) is 2.18. The number of rotatable bonds is 8. The van der Waals surface area contributed by atoms with Crippen molar-refractivity contribution in [3.63, 3.8) is 0 Å². The van der Waals surface area contributed by atoms with E-state index in [2.05, 4.69) is 34.1 Å². The highest BCUT2D eigenvalue weighted by molar-refractivity contribution is 9.10. The van der Waals surface area contributed by atoms with Gasteiger partial charge in [0.05, 0.1) is 23.6 Å². The molecule has 0 saturated heterocycles. The number of hydrogen-bond acceptors (Lipinski definition) is 5. The number of para-hydroxylation sites is 1. The van der Waals surface area contributed by atoms with E-state index in [9.17, 15) is 4.79 Å². The Morgan fingerprint density at radius 1 is 1.00 bits per heavy atom. The highest BCUT2D eigenvalue weighted by Gasteiger charge is 2.10. The monoisotopic (exact) mass is 507 g/mol. The van der Waals surface area contributed by atoms with Gasteiger partial charge in [0.25, 0.3) is 0 Å². The number of thioether (sulfide) groups is 1. The molecule has 32 heavy (non-hydrogen) atoms. The molecule has 0 N–H and O–H groups in total. The van der Waals surface area contributed by atoms with Crippen molar-refractivity contribution in [3.05, 3.63) is 94.5 Å². The van der Waals surface area contributed by atoms with Crippen LogP contribution in [0.3, 0.4) is 0 Å². The van der Waals surface area contributed by atoms with E-state index < -0.39 is 0 Å². The fourth-order valence-corrected chi connectivity index (χ4v) is 4.53. The van der Waals surface area contributed by atoms with Crippen LogP contribution in [0.4, 0.5) is 0 Å². The van der Waals surface area contributed by atoms with Gasteiger partial charge in [0.2, 0.25) is 0 Å². The third-order valence-corrected chi connectivity index (χ3v) is 6.22. The molecule has 4 aromatic rings. The molecule has 0 saturated carbocycles. The first-order valence-corrected chi connectivity index (χ1v) is 12.1. The van der Waals surface area contributed by atoms with Gasteiger partial charge in [-0.2, -0.15) is 0 Å². The summed E-state index contributed by atoms with van der Waals surface area (Å²) in [5.41, 5.74) is 2.89. The van der Waals surface area contributed by atoms with Gasteiger partial charge in [-0.25, -0.2) is 4.98 Å². The van der Waals surface area contributed by atoms with Crippen LogP contribution in [0.1, 0.15) is 18.1 Å². The Morgan fingerprint density at radius 2 is 1.88 bits per heavy atom. The van der Waals surface area contributed by atoms with Crippen molar-refractivity contribution in [1.82, 2.24) is 4.98 Å². The quantitative estimate of drug-likeness (QED) is 0.186. The lowest BCUT2D eigenvalue weighted by Crippen LogP contribution is -2.07. The summed E-state index contributed by atoms with van der Waals surface area (Å²) in [6, 6.07) is 25.8. The average Bonchev–Trinajstić information content (AvgIpc) is 2.79. The number of ether oxygens (including phenoxy) is 2. The third-order valence-electron chi connectivity index (χ3n) is 4.75. The van der Waals surface area contributed by atoms with E-state index in [0.717, 1.165) is 37.3 Å². The summed E-state index contributed by atoms with van der Waals surface area (Å²) in [7, 11) is 0. The van der Waals surface area contributed by atoms with Crippen LogP contribution in [0, 0.1) is 0 Å². The van der Waals surface area contributed by atoms with Crippen LogP contribution >= 0.6 is 27.7 Å². The largest absolute Gasteiger partial charge is 0.466 e. The Hall–Kier alpha value is -2.83. The second-order valence-electron chi connectivity index (χ2n) is 7.11. The summed E-state index contributed by atoms with van der Waals surface area (Å²) in [6.07, 6.45) is 0.224. The molecule has 0 spiro atoms. The molecule has 0 aliphatic heterocycles. The summed E-state index contributed by atoms with van der Waals surface area (Å²) in [5, 5.41) is 2.09. The molecular formula is C26H22BrNO3S. The maximum Gasteiger partial charge on any atom is 0.310 e. The molecule has 3 aromatic carbocycles. The Bertz CT molecular complexity index is 1240. The van der Waals surface area contributed by atoms with Gasteiger partial charge in [-0.05, 0) is 55.0 Å². The van der Waals surface area contributed by atoms with Crippen LogP contribution in [-0.2, 0) is 21.7 Å². The fourth-order valence-electron chi connectivity index (χ4n) is 3.26. The molecular weight excluding hydrogens is 486 g/mol. The topological polar surface area (TPSA) is 48.4 Å². The van der Waals surface area contributed by atoms with Gasteiger partial charge in [-0.3, -0.25) is 4.79 Å². The molecule has 162 valence electrons. The predicted molar refractivity (Wildman–Crippen MR) is 132 cm³/mol. The maximum atomic E-state index is 11.8. The van der Waals surface area contributed by atoms with Gasteiger partial charge < -0.3 is 9.47 Å². The molecule has 0 aliphatic carbocycles. The van der Waals surface area contributed by atoms with Crippen LogP contribution in [0.15, 0.2) is 88.4 Å². The first-order chi connectivity index (χ1) is 15.6. The lowest BCUT2D eigenvalue weighted by atomic mass is 10.1. The standard InChI is InChI=1S/C26H22BrNO3S/c1-2-30-26(29)15-18-6-5-8-22(14-18)31-24-12-11-21(27)16-20(24)17-32-25-13-10-19-7-3-4-9-23(19)28-25/h3-14,16H,2,15,17H2,1H3. The second kappa shape index (κ2) is 10.7. The lowest BCUT2D eigenvalue weighted by molar-refractivity contribution is -0.142. The van der Waals surface area contributed by atoms with E-state index in [4.69, 9.17) is 14.5 Å². The molecule has 0 fully saturated rings. The van der Waals surface area contributed by atoms with Crippen molar-refractivity contribution in [3.8, 4) is 11.5 Å². The van der Waals surface area contributed by atoms with Crippen LogP contribution in [-0.4, -0.2) is 17.6 Å². The Balaban J connectivity index is 1.50. The minimum Gasteiger partial charge on any atom is -0.466 e. The Morgan fingerprint density at radius 3 is 2.75 bits per heavy atom. The van der Waals surface area contributed by atoms with Crippen LogP contribution < -0.4 is 4.74 Å². The molecule has 1 heterocycles. The predicted octanol–water partition coefficient (Wildman–Crippen LogP) is 7.19. The fraction of sp³-hybridized carbons (Fsp3) is 0.154. The normalized spacial score (nSPS) is 10.8. The third kappa shape index (κ3) is 5.90. The van der Waals surface area contributed by atoms with Crippen LogP contribution in [0.5, 0.6) is 11.5 Å². The van der Waals surface area contributed by atoms with Gasteiger partial charge in [-0.1, -0.05) is 52.3 Å². The zero-order valence-corrected chi connectivity index (χ0v) is 20.0. The molecule has 0 unspecified atom stereocenters. The molecule has 4 rings (SSSR count). The maximum absolute atomic E-state index is 11.8. The number of benzene rings is 3. The summed E-state index contributed by atoms with van der Waals surface area (Å²) in [5.74, 6) is 1.93. The molecule has 0 atom stereocenters. The van der Waals surface area contributed by atoms with E-state index in [1.807, 2.05) is 60.7 Å². The van der Waals surface area contributed by atoms with Crippen molar-refractivity contribution in [2.45, 2.75) is 24.1 Å². The molecule has 4 nitrogen and oxygen atoms in total. The number of carbonyl (C=O) groups excluding carboxylic acids is 1. The first kappa shape index (κ1) is 22.4. The number of pyridine rings is 1. The van der Waals surface area contributed by atoms with Gasteiger partial charge >= 0.3 is 5.97 Å². The van der Waals surface area contributed by atoms with Gasteiger partial charge in [-0.15, -0.1) is 11.8 Å². The summed E-state index contributed by atoms with van der Waals surface area (Å²) >= 11 is 5.23. The molecule has 0 radical (unpaired) electrons. The number of fused-ring (bicyclic) bond motifs is 1. The minimum atomic E-state index is -0.242. The SMILES string of the molecule is CCOC(=O)Cc1cccc(Oc2ccc(Br)cc2CSc2ccc3ccccc3n2)c1. The smallest absolute Gasteiger partial charge is 0.310 e. The van der Waals surface area contributed by atoms with Crippen molar-refractivity contribution < 1.29 is 14.3 Å². The number of hydrogen-bond donors (Lipinski definition) is 0. The van der Waals surface area contributed by atoms with Gasteiger partial charge in [0.1, 0.15) is 11.5 Å². The average molecular weight is 508 g/mol. The summed E-state index contributed by atoms with van der Waals surface area (Å²) in [4.78, 5) is 16.5. The number of aromatic nitrogens is 1. The first-order valence-electron chi connectivity index (χ1n) is 10.3. The second-order valence-corrected chi connectivity index (χ2v) is 9.03. The Labute approximate surface area is 200 Å². The van der Waals surface area contributed by atoms with E-state index in [0.29, 0.717) is 18.1 Å². The number of halogens is 1. The zero-order valence-electron chi connectivity index (χ0n) is 17.6. The van der Waals surface area contributed by atoms with E-state index >= 15 is 0 Å². The van der Waals surface area contributed by atoms with Crippen molar-refractivity contribution in [2.24, 2.45) is 0 Å². The lowest BCUT2D eigenvalue weighted by Gasteiger charge is -2.13. The molecule has 0 aliphatic rings. The summed E-state index contributed by atoms with van der Waals surface area (Å²) < 4.78 is 12.2. The van der Waals surface area contributed by atoms with Crippen LogP contribution in [0.25, 0.3) is 10.9 Å². The number of esters is 1. The van der Waals surface area contributed by atoms with Crippen molar-refractivity contribution in [1.29, 1.82) is 0 Å².